The van der Waals surface area contributed by atoms with E-state index in [1.807, 2.05) is 24.3 Å². The van der Waals surface area contributed by atoms with E-state index in [-0.39, 0.29) is 11.9 Å². The van der Waals surface area contributed by atoms with Gasteiger partial charge in [0.1, 0.15) is 5.03 Å². The van der Waals surface area contributed by atoms with Crippen LogP contribution in [-0.4, -0.2) is 48.7 Å². The highest BCUT2D eigenvalue weighted by molar-refractivity contribution is 7.99. The van der Waals surface area contributed by atoms with Crippen molar-refractivity contribution in [3.63, 3.8) is 0 Å². The summed E-state index contributed by atoms with van der Waals surface area (Å²) in [6.07, 6.45) is 2.39. The Bertz CT molecular complexity index is 738. The molecule has 0 aliphatic carbocycles. The molecule has 0 saturated carbocycles. The van der Waals surface area contributed by atoms with Gasteiger partial charge in [-0.05, 0) is 56.1 Å². The number of nitrogens with one attached hydrogen (secondary N) is 1. The van der Waals surface area contributed by atoms with Crippen molar-refractivity contribution in [2.24, 2.45) is 5.92 Å². The second-order valence-electron chi connectivity index (χ2n) is 6.53. The number of aromatic nitrogens is 1. The van der Waals surface area contributed by atoms with Gasteiger partial charge in [0.15, 0.2) is 0 Å². The van der Waals surface area contributed by atoms with Gasteiger partial charge in [0, 0.05) is 23.0 Å². The number of methoxy groups -OCH3 is 1. The number of hydrogen-bond acceptors (Lipinski definition) is 6. The highest BCUT2D eigenvalue weighted by Gasteiger charge is 2.34. The van der Waals surface area contributed by atoms with E-state index in [0.29, 0.717) is 17.4 Å². The molecule has 3 aliphatic rings. The van der Waals surface area contributed by atoms with Crippen molar-refractivity contribution in [2.75, 3.05) is 26.7 Å². The second kappa shape index (κ2) is 7.09. The molecule has 5 rings (SSSR count). The third kappa shape index (κ3) is 3.67. The number of hydrogen-bond donors (Lipinski definition) is 1. The van der Waals surface area contributed by atoms with Crippen LogP contribution in [0.1, 0.15) is 23.2 Å². The fourth-order valence-electron chi connectivity index (χ4n) is 3.56. The predicted molar refractivity (Wildman–Crippen MR) is 94.0 cm³/mol. The van der Waals surface area contributed by atoms with Crippen LogP contribution in [0.5, 0.6) is 5.95 Å². The fourth-order valence-corrected chi connectivity index (χ4v) is 4.31. The van der Waals surface area contributed by atoms with Gasteiger partial charge < -0.3 is 19.5 Å². The van der Waals surface area contributed by atoms with Crippen molar-refractivity contribution in [3.8, 4) is 5.95 Å². The number of piperidine rings is 3. The van der Waals surface area contributed by atoms with Crippen LogP contribution in [0.25, 0.3) is 0 Å². The van der Waals surface area contributed by atoms with Gasteiger partial charge in [0.05, 0.1) is 13.2 Å². The van der Waals surface area contributed by atoms with E-state index in [0.717, 1.165) is 16.5 Å². The molecule has 0 radical (unpaired) electrons. The summed E-state index contributed by atoms with van der Waals surface area (Å²) >= 11 is 1.47. The Kier molecular flexibility index (Phi) is 4.67. The van der Waals surface area contributed by atoms with Gasteiger partial charge in [-0.3, -0.25) is 4.79 Å². The predicted octanol–water partition coefficient (Wildman–Crippen LogP) is 2.66. The molecule has 1 aromatic carbocycles. The Morgan fingerprint density at radius 2 is 2.08 bits per heavy atom. The largest absolute Gasteiger partial charge is 0.467 e. The van der Waals surface area contributed by atoms with Crippen molar-refractivity contribution in [3.05, 3.63) is 35.9 Å². The SMILES string of the molecule is COc1cc(Sc2ccc(C(=O)N[C@H]3CN4CCC3CC4)cc2)no1. The van der Waals surface area contributed by atoms with Gasteiger partial charge in [-0.1, -0.05) is 16.9 Å². The summed E-state index contributed by atoms with van der Waals surface area (Å²) in [5.74, 6) is 1.03. The third-order valence-electron chi connectivity index (χ3n) is 4.98. The lowest BCUT2D eigenvalue weighted by molar-refractivity contribution is 0.0620. The first-order chi connectivity index (χ1) is 12.2. The van der Waals surface area contributed by atoms with Crippen LogP contribution in [0.2, 0.25) is 0 Å². The van der Waals surface area contributed by atoms with Crippen molar-refractivity contribution in [1.82, 2.24) is 15.4 Å². The molecule has 132 valence electrons. The molecule has 7 heteroatoms. The van der Waals surface area contributed by atoms with Gasteiger partial charge in [0.25, 0.3) is 5.91 Å². The lowest BCUT2D eigenvalue weighted by Gasteiger charge is -2.44. The second-order valence-corrected chi connectivity index (χ2v) is 7.63. The van der Waals surface area contributed by atoms with E-state index in [9.17, 15) is 4.79 Å². The molecule has 6 nitrogen and oxygen atoms in total. The van der Waals surface area contributed by atoms with E-state index < -0.39 is 0 Å². The van der Waals surface area contributed by atoms with E-state index in [2.05, 4.69) is 15.4 Å². The molecule has 2 bridgehead atoms. The highest BCUT2D eigenvalue weighted by atomic mass is 32.2. The van der Waals surface area contributed by atoms with E-state index in [1.54, 1.807) is 6.07 Å². The summed E-state index contributed by atoms with van der Waals surface area (Å²) in [7, 11) is 1.54. The molecule has 4 heterocycles. The van der Waals surface area contributed by atoms with Gasteiger partial charge in [-0.25, -0.2) is 0 Å². The molecular formula is C18H21N3O3S. The number of fused-ring (bicyclic) bond motifs is 3. The van der Waals surface area contributed by atoms with Crippen LogP contribution in [0.15, 0.2) is 44.8 Å². The number of carbonyl (C=O) groups is 1. The summed E-state index contributed by atoms with van der Waals surface area (Å²) < 4.78 is 9.97. The average molecular weight is 359 g/mol. The van der Waals surface area contributed by atoms with Crippen LogP contribution < -0.4 is 10.1 Å². The summed E-state index contributed by atoms with van der Waals surface area (Å²) in [6, 6.07) is 9.59. The van der Waals surface area contributed by atoms with Crippen molar-refractivity contribution < 1.29 is 14.1 Å². The highest BCUT2D eigenvalue weighted by Crippen LogP contribution is 2.30. The van der Waals surface area contributed by atoms with Crippen LogP contribution in [0.3, 0.4) is 0 Å². The van der Waals surface area contributed by atoms with Gasteiger partial charge in [0.2, 0.25) is 0 Å². The van der Waals surface area contributed by atoms with Crippen LogP contribution in [0.4, 0.5) is 0 Å². The van der Waals surface area contributed by atoms with Crippen LogP contribution in [0, 0.1) is 5.92 Å². The van der Waals surface area contributed by atoms with Crippen molar-refractivity contribution >= 4 is 17.7 Å². The lowest BCUT2D eigenvalue weighted by Crippen LogP contribution is -2.57. The minimum Gasteiger partial charge on any atom is -0.467 e. The van der Waals surface area contributed by atoms with E-state index in [1.165, 1.54) is 44.8 Å². The minimum absolute atomic E-state index is 0.0124. The number of benzene rings is 1. The third-order valence-corrected chi connectivity index (χ3v) is 5.89. The molecule has 1 N–H and O–H groups in total. The van der Waals surface area contributed by atoms with Crippen molar-refractivity contribution in [1.29, 1.82) is 0 Å². The molecule has 3 saturated heterocycles. The number of ether oxygens (including phenoxy) is 1. The maximum Gasteiger partial charge on any atom is 0.312 e. The molecule has 1 amide bonds. The number of nitrogens with zero attached hydrogens (tertiary/aromatic N) is 2. The molecule has 0 spiro atoms. The molecule has 2 aromatic rings. The smallest absolute Gasteiger partial charge is 0.312 e. The average Bonchev–Trinajstić information content (AvgIpc) is 3.11. The zero-order chi connectivity index (χ0) is 17.2. The standard InChI is InChI=1S/C18H21N3O3S/c1-23-17-10-16(20-24-17)25-14-4-2-13(3-5-14)18(22)19-15-11-21-8-6-12(15)7-9-21/h2-5,10,12,15H,6-9,11H2,1H3,(H,19,22)/t15-/m0/s1. The zero-order valence-electron chi connectivity index (χ0n) is 14.1. The number of carbonyl (C=O) groups excluding carboxylic acids is 1. The van der Waals surface area contributed by atoms with E-state index >= 15 is 0 Å². The monoisotopic (exact) mass is 359 g/mol. The number of rotatable bonds is 5. The Labute approximate surface area is 150 Å². The molecule has 1 atom stereocenters. The normalized spacial score (nSPS) is 24.9. The lowest BCUT2D eigenvalue weighted by atomic mass is 9.84. The molecule has 25 heavy (non-hydrogen) atoms. The summed E-state index contributed by atoms with van der Waals surface area (Å²) in [5, 5.41) is 7.86. The van der Waals surface area contributed by atoms with Gasteiger partial charge in [-0.15, -0.1) is 0 Å². The van der Waals surface area contributed by atoms with Crippen LogP contribution >= 0.6 is 11.8 Å². The molecule has 1 aromatic heterocycles. The first kappa shape index (κ1) is 16.5. The first-order valence-electron chi connectivity index (χ1n) is 8.53. The fraction of sp³-hybridized carbons (Fsp3) is 0.444. The summed E-state index contributed by atoms with van der Waals surface area (Å²) in [5.41, 5.74) is 0.693. The first-order valence-corrected chi connectivity index (χ1v) is 9.35. The van der Waals surface area contributed by atoms with Crippen molar-refractivity contribution in [2.45, 2.75) is 28.8 Å². The Morgan fingerprint density at radius 1 is 1.32 bits per heavy atom. The number of amides is 1. The van der Waals surface area contributed by atoms with Gasteiger partial charge in [-0.2, -0.15) is 0 Å². The topological polar surface area (TPSA) is 67.6 Å². The maximum atomic E-state index is 12.5. The molecule has 3 aliphatic heterocycles. The van der Waals surface area contributed by atoms with Crippen LogP contribution in [-0.2, 0) is 0 Å². The Hall–Kier alpha value is -1.99. The molecule has 0 unspecified atom stereocenters. The quantitative estimate of drug-likeness (QED) is 0.885. The molecular weight excluding hydrogens is 338 g/mol. The summed E-state index contributed by atoms with van der Waals surface area (Å²) in [6.45, 7) is 3.34. The van der Waals surface area contributed by atoms with Gasteiger partial charge >= 0.3 is 5.95 Å². The minimum atomic E-state index is 0.0124. The van der Waals surface area contributed by atoms with E-state index in [4.69, 9.17) is 9.26 Å². The maximum absolute atomic E-state index is 12.5. The zero-order valence-corrected chi connectivity index (χ0v) is 14.9. The summed E-state index contributed by atoms with van der Waals surface area (Å²) in [4.78, 5) is 16.0. The Balaban J connectivity index is 1.37. The molecule has 3 fully saturated rings. The Morgan fingerprint density at radius 3 is 2.68 bits per heavy atom.